The second-order valence-corrected chi connectivity index (χ2v) is 8.62. The minimum Gasteiger partial charge on any atom is -0.263 e. The van der Waals surface area contributed by atoms with Gasteiger partial charge in [-0.1, -0.05) is 32.1 Å². The number of hydrogen-bond acceptors (Lipinski definition) is 5. The van der Waals surface area contributed by atoms with Crippen LogP contribution in [0, 0.1) is 18.8 Å². The lowest BCUT2D eigenvalue weighted by Crippen LogP contribution is -2.13. The molecule has 1 unspecified atom stereocenters. The van der Waals surface area contributed by atoms with Crippen molar-refractivity contribution in [2.45, 2.75) is 26.5 Å². The lowest BCUT2D eigenvalue weighted by Gasteiger charge is -2.16. The number of sulfone groups is 1. The zero-order valence-electron chi connectivity index (χ0n) is 14.1. The third-order valence-electron chi connectivity index (χ3n) is 4.15. The first kappa shape index (κ1) is 16.8. The van der Waals surface area contributed by atoms with Gasteiger partial charge in [0.15, 0.2) is 9.84 Å². The van der Waals surface area contributed by atoms with E-state index in [9.17, 15) is 8.42 Å². The molecule has 0 fully saturated rings. The maximum Gasteiger partial charge on any atom is 0.161 e. The summed E-state index contributed by atoms with van der Waals surface area (Å²) in [5.41, 5.74) is 4.11. The monoisotopic (exact) mass is 343 g/mol. The van der Waals surface area contributed by atoms with Gasteiger partial charge in [0.25, 0.3) is 0 Å². The van der Waals surface area contributed by atoms with E-state index >= 15 is 0 Å². The minimum absolute atomic E-state index is 0.0694. The lowest BCUT2D eigenvalue weighted by molar-refractivity contribution is 0.596. The molecule has 6 heteroatoms. The highest BCUT2D eigenvalue weighted by molar-refractivity contribution is 7.90. The zero-order valence-corrected chi connectivity index (χ0v) is 14.9. The van der Waals surface area contributed by atoms with Gasteiger partial charge in [0.05, 0.1) is 28.6 Å². The Morgan fingerprint density at radius 2 is 1.92 bits per heavy atom. The van der Waals surface area contributed by atoms with Crippen molar-refractivity contribution in [2.24, 2.45) is 16.8 Å². The Morgan fingerprint density at radius 3 is 2.58 bits per heavy atom. The van der Waals surface area contributed by atoms with Crippen LogP contribution < -0.4 is 0 Å². The summed E-state index contributed by atoms with van der Waals surface area (Å²) in [6, 6.07) is 3.47. The molecule has 1 atom stereocenters. The average molecular weight is 343 g/mol. The molecule has 24 heavy (non-hydrogen) atoms. The van der Waals surface area contributed by atoms with Crippen molar-refractivity contribution < 1.29 is 8.42 Å². The van der Waals surface area contributed by atoms with Crippen molar-refractivity contribution in [3.63, 3.8) is 0 Å². The lowest BCUT2D eigenvalue weighted by atomic mass is 9.88. The number of hydrogen-bond donors (Lipinski definition) is 0. The molecular weight excluding hydrogens is 322 g/mol. The topological polar surface area (TPSA) is 72.3 Å². The summed E-state index contributed by atoms with van der Waals surface area (Å²) in [6.07, 6.45) is 8.05. The van der Waals surface area contributed by atoms with Gasteiger partial charge in [-0.2, -0.15) is 10.2 Å². The molecule has 2 aliphatic rings. The molecule has 0 radical (unpaired) electrons. The maximum absolute atomic E-state index is 12.5. The quantitative estimate of drug-likeness (QED) is 0.824. The minimum atomic E-state index is -3.34. The average Bonchev–Trinajstić information content (AvgIpc) is 2.91. The number of nitrogens with zero attached hydrogens (tertiary/aromatic N) is 3. The summed E-state index contributed by atoms with van der Waals surface area (Å²) in [6.45, 7) is 6.11. The fraction of sp³-hybridized carbons (Fsp3) is 0.389. The second kappa shape index (κ2) is 6.43. The summed E-state index contributed by atoms with van der Waals surface area (Å²) in [4.78, 5) is 4.36. The Kier molecular flexibility index (Phi) is 4.49. The first-order chi connectivity index (χ1) is 11.3. The number of aliphatic imine (C=N–C) groups is 1. The van der Waals surface area contributed by atoms with E-state index in [-0.39, 0.29) is 17.4 Å². The number of rotatable bonds is 5. The molecule has 1 aliphatic carbocycles. The van der Waals surface area contributed by atoms with Crippen molar-refractivity contribution in [1.82, 2.24) is 10.2 Å². The molecule has 126 valence electrons. The number of allylic oxidation sites excluding steroid dienone is 5. The largest absolute Gasteiger partial charge is 0.263 e. The normalized spacial score (nSPS) is 19.8. The van der Waals surface area contributed by atoms with Crippen LogP contribution in [0.5, 0.6) is 0 Å². The van der Waals surface area contributed by atoms with Gasteiger partial charge in [-0.3, -0.25) is 4.99 Å². The van der Waals surface area contributed by atoms with Crippen molar-refractivity contribution in [3.8, 4) is 0 Å². The number of fused-ring (bicyclic) bond motifs is 1. The molecular formula is C18H21N3O2S. The van der Waals surface area contributed by atoms with E-state index in [0.29, 0.717) is 17.3 Å². The fourth-order valence-corrected chi connectivity index (χ4v) is 4.16. The molecule has 0 amide bonds. The molecule has 0 bridgehead atoms. The van der Waals surface area contributed by atoms with Crippen LogP contribution in [0.15, 0.2) is 52.2 Å². The molecule has 5 nitrogen and oxygen atoms in total. The van der Waals surface area contributed by atoms with Crippen LogP contribution in [0.4, 0.5) is 0 Å². The third kappa shape index (κ3) is 3.70. The highest BCUT2D eigenvalue weighted by atomic mass is 32.2. The number of aromatic nitrogens is 2. The van der Waals surface area contributed by atoms with E-state index in [1.807, 2.05) is 19.2 Å². The Balaban J connectivity index is 1.77. The van der Waals surface area contributed by atoms with Crippen LogP contribution in [-0.4, -0.2) is 30.6 Å². The Morgan fingerprint density at radius 1 is 1.12 bits per heavy atom. The van der Waals surface area contributed by atoms with Crippen LogP contribution in [0.3, 0.4) is 0 Å². The van der Waals surface area contributed by atoms with E-state index in [0.717, 1.165) is 11.3 Å². The SMILES string of the molecule is Cc1ccc(CS(=O)(=O)CC2=C3C=CC(C(C)C)=CC3C=N2)nn1. The molecule has 1 aromatic heterocycles. The molecule has 0 spiro atoms. The van der Waals surface area contributed by atoms with Gasteiger partial charge in [-0.15, -0.1) is 0 Å². The summed E-state index contributed by atoms with van der Waals surface area (Å²) in [7, 11) is -3.34. The predicted molar refractivity (Wildman–Crippen MR) is 95.3 cm³/mol. The van der Waals surface area contributed by atoms with E-state index in [1.54, 1.807) is 12.1 Å². The van der Waals surface area contributed by atoms with Crippen molar-refractivity contribution >= 4 is 16.1 Å². The number of aryl methyl sites for hydroxylation is 1. The zero-order chi connectivity index (χ0) is 17.3. The van der Waals surface area contributed by atoms with E-state index in [2.05, 4.69) is 41.2 Å². The van der Waals surface area contributed by atoms with Gasteiger partial charge >= 0.3 is 0 Å². The van der Waals surface area contributed by atoms with Crippen LogP contribution in [-0.2, 0) is 15.6 Å². The van der Waals surface area contributed by atoms with Crippen LogP contribution in [0.2, 0.25) is 0 Å². The molecule has 0 aromatic carbocycles. The summed E-state index contributed by atoms with van der Waals surface area (Å²) in [5, 5.41) is 7.85. The first-order valence-electron chi connectivity index (χ1n) is 8.01. The molecule has 1 aliphatic heterocycles. The third-order valence-corrected chi connectivity index (χ3v) is 5.60. The first-order valence-corrected chi connectivity index (χ1v) is 9.83. The second-order valence-electron chi connectivity index (χ2n) is 6.56. The molecule has 1 aromatic rings. The van der Waals surface area contributed by atoms with Gasteiger partial charge in [0.1, 0.15) is 0 Å². The highest BCUT2D eigenvalue weighted by Crippen LogP contribution is 2.32. The Labute approximate surface area is 142 Å². The van der Waals surface area contributed by atoms with Gasteiger partial charge in [0, 0.05) is 12.1 Å². The van der Waals surface area contributed by atoms with Crippen LogP contribution >= 0.6 is 0 Å². The molecule has 0 N–H and O–H groups in total. The van der Waals surface area contributed by atoms with Crippen molar-refractivity contribution in [2.75, 3.05) is 5.75 Å². The van der Waals surface area contributed by atoms with E-state index in [4.69, 9.17) is 0 Å². The predicted octanol–water partition coefficient (Wildman–Crippen LogP) is 2.81. The van der Waals surface area contributed by atoms with Gasteiger partial charge in [-0.25, -0.2) is 8.42 Å². The standard InChI is InChI=1S/C18H21N3O2S/c1-12(2)14-5-7-17-15(8-14)9-19-18(17)11-24(22,23)10-16-6-4-13(3)20-21-16/h4-9,12,15H,10-11H2,1-3H3. The maximum atomic E-state index is 12.5. The smallest absolute Gasteiger partial charge is 0.161 e. The van der Waals surface area contributed by atoms with Crippen LogP contribution in [0.1, 0.15) is 25.2 Å². The van der Waals surface area contributed by atoms with E-state index in [1.165, 1.54) is 5.57 Å². The Bertz CT molecular complexity index is 860. The van der Waals surface area contributed by atoms with Gasteiger partial charge in [-0.05, 0) is 36.1 Å². The van der Waals surface area contributed by atoms with E-state index < -0.39 is 9.84 Å². The van der Waals surface area contributed by atoms with Crippen molar-refractivity contribution in [1.29, 1.82) is 0 Å². The summed E-state index contributed by atoms with van der Waals surface area (Å²) in [5.74, 6) is 0.356. The molecule has 0 saturated carbocycles. The Hall–Kier alpha value is -2.08. The summed E-state index contributed by atoms with van der Waals surface area (Å²) < 4.78 is 24.9. The molecule has 3 rings (SSSR count). The van der Waals surface area contributed by atoms with Crippen molar-refractivity contribution in [3.05, 3.63) is 58.6 Å². The fourth-order valence-electron chi connectivity index (χ4n) is 2.80. The summed E-state index contributed by atoms with van der Waals surface area (Å²) >= 11 is 0. The van der Waals surface area contributed by atoms with Gasteiger partial charge < -0.3 is 0 Å². The van der Waals surface area contributed by atoms with Gasteiger partial charge in [0.2, 0.25) is 0 Å². The molecule has 0 saturated heterocycles. The molecule has 2 heterocycles. The highest BCUT2D eigenvalue weighted by Gasteiger charge is 2.26. The van der Waals surface area contributed by atoms with Crippen LogP contribution in [0.25, 0.3) is 0 Å².